The second-order valence-electron chi connectivity index (χ2n) is 13.2. The van der Waals surface area contributed by atoms with Gasteiger partial charge in [0.25, 0.3) is 0 Å². The van der Waals surface area contributed by atoms with Crippen molar-refractivity contribution in [3.63, 3.8) is 0 Å². The molecule has 8 heteroatoms. The number of benzene rings is 4. The van der Waals surface area contributed by atoms with Crippen LogP contribution in [0.5, 0.6) is 5.75 Å². The molecule has 0 aromatic heterocycles. The Morgan fingerprint density at radius 3 is 1.94 bits per heavy atom. The molecule has 4 aromatic carbocycles. The van der Waals surface area contributed by atoms with Crippen LogP contribution >= 0.6 is 0 Å². The Kier molecular flexibility index (Phi) is 10.9. The number of piperazine rings is 1. The predicted molar refractivity (Wildman–Crippen MR) is 181 cm³/mol. The third-order valence-electron chi connectivity index (χ3n) is 8.31. The van der Waals surface area contributed by atoms with Gasteiger partial charge in [-0.25, -0.2) is 9.18 Å². The molecule has 7 nitrogen and oxygen atoms in total. The van der Waals surface area contributed by atoms with Gasteiger partial charge in [-0.3, -0.25) is 14.6 Å². The van der Waals surface area contributed by atoms with Gasteiger partial charge in [-0.2, -0.15) is 0 Å². The number of ether oxygens (including phenoxy) is 1. The molecule has 0 aliphatic carbocycles. The molecule has 1 fully saturated rings. The Hall–Kier alpha value is -4.69. The number of hydrogen-bond donors (Lipinski definition) is 1. The van der Waals surface area contributed by atoms with Crippen molar-refractivity contribution in [3.05, 3.63) is 137 Å². The van der Waals surface area contributed by atoms with E-state index in [1.165, 1.54) is 6.07 Å². The minimum Gasteiger partial charge on any atom is -0.508 e. The first kappa shape index (κ1) is 33.7. The summed E-state index contributed by atoms with van der Waals surface area (Å²) in [4.78, 5) is 33.7. The van der Waals surface area contributed by atoms with Crippen molar-refractivity contribution in [2.75, 3.05) is 13.1 Å². The van der Waals surface area contributed by atoms with Crippen LogP contribution in [0.15, 0.2) is 109 Å². The summed E-state index contributed by atoms with van der Waals surface area (Å²) in [6.07, 6.45) is 0.0886. The summed E-state index contributed by atoms with van der Waals surface area (Å²) < 4.78 is 20.4. The summed E-state index contributed by atoms with van der Waals surface area (Å²) in [7, 11) is 0. The molecular weight excluding hydrogens is 593 g/mol. The largest absolute Gasteiger partial charge is 0.508 e. The second kappa shape index (κ2) is 15.3. The summed E-state index contributed by atoms with van der Waals surface area (Å²) in [5.74, 6) is -0.846. The summed E-state index contributed by atoms with van der Waals surface area (Å²) in [5.41, 5.74) is 3.04. The van der Waals surface area contributed by atoms with Gasteiger partial charge in [-0.1, -0.05) is 91.0 Å². The number of nitrogens with zero attached hydrogens (tertiary/aromatic N) is 3. The quantitative estimate of drug-likeness (QED) is 0.189. The average Bonchev–Trinajstić information content (AvgIpc) is 3.02. The summed E-state index contributed by atoms with van der Waals surface area (Å²) in [6.45, 7) is 7.69. The molecule has 0 unspecified atom stereocenters. The zero-order valence-electron chi connectivity index (χ0n) is 27.4. The van der Waals surface area contributed by atoms with Crippen molar-refractivity contribution in [2.24, 2.45) is 0 Å². The lowest BCUT2D eigenvalue weighted by Gasteiger charge is -2.43. The van der Waals surface area contributed by atoms with Gasteiger partial charge in [0.1, 0.15) is 23.2 Å². The van der Waals surface area contributed by atoms with E-state index >= 15 is 0 Å². The summed E-state index contributed by atoms with van der Waals surface area (Å²) >= 11 is 0. The highest BCUT2D eigenvalue weighted by Crippen LogP contribution is 2.28. The molecule has 47 heavy (non-hydrogen) atoms. The van der Waals surface area contributed by atoms with Crippen LogP contribution in [0.2, 0.25) is 0 Å². The first-order valence-corrected chi connectivity index (χ1v) is 16.2. The molecule has 1 heterocycles. The SMILES string of the molecule is CC(C)(C)OC(=O)N1CCN(Cc2ccccc2)C(=O)[C@@H]1C[C@H](Cc1cc(O)cc(F)c1)N(Cc1ccccc1)Cc1ccccc1. The maximum Gasteiger partial charge on any atom is 0.411 e. The van der Waals surface area contributed by atoms with E-state index in [0.717, 1.165) is 22.8 Å². The van der Waals surface area contributed by atoms with Gasteiger partial charge in [0, 0.05) is 44.8 Å². The highest BCUT2D eigenvalue weighted by Gasteiger charge is 2.41. The standard InChI is InChI=1S/C39H44FN3O4/c1-39(2,3)47-38(46)43-20-19-41(26-29-13-7-4-8-14-29)37(45)36(43)25-34(22-32-21-33(40)24-35(44)23-32)42(27-30-15-9-5-10-16-30)28-31-17-11-6-12-18-31/h4-18,21,23-24,34,36,44H,19-20,22,25-28H2,1-3H3/t34-,36-/m0/s1. The van der Waals surface area contributed by atoms with Gasteiger partial charge in [0.05, 0.1) is 0 Å². The third-order valence-corrected chi connectivity index (χ3v) is 8.31. The van der Waals surface area contributed by atoms with Crippen LogP contribution in [0, 0.1) is 5.82 Å². The van der Waals surface area contributed by atoms with Crippen molar-refractivity contribution in [2.45, 2.75) is 70.9 Å². The number of phenolic OH excluding ortho intramolecular Hbond substituents is 1. The van der Waals surface area contributed by atoms with Gasteiger partial charge >= 0.3 is 6.09 Å². The molecule has 246 valence electrons. The first-order valence-electron chi connectivity index (χ1n) is 16.2. The van der Waals surface area contributed by atoms with E-state index in [2.05, 4.69) is 29.2 Å². The molecule has 0 spiro atoms. The van der Waals surface area contributed by atoms with E-state index < -0.39 is 23.6 Å². The lowest BCUT2D eigenvalue weighted by atomic mass is 9.94. The molecule has 1 saturated heterocycles. The fraction of sp³-hybridized carbons (Fsp3) is 0.333. The number of carbonyl (C=O) groups excluding carboxylic acids is 2. The van der Waals surface area contributed by atoms with E-state index in [-0.39, 0.29) is 24.1 Å². The Morgan fingerprint density at radius 2 is 1.40 bits per heavy atom. The molecular formula is C39H44FN3O4. The lowest BCUT2D eigenvalue weighted by Crippen LogP contribution is -2.60. The predicted octanol–water partition coefficient (Wildman–Crippen LogP) is 7.18. The average molecular weight is 638 g/mol. The van der Waals surface area contributed by atoms with Crippen molar-refractivity contribution < 1.29 is 23.8 Å². The molecule has 2 amide bonds. The maximum absolute atomic E-state index is 14.6. The minimum atomic E-state index is -0.816. The van der Waals surface area contributed by atoms with Gasteiger partial charge in [0.2, 0.25) is 5.91 Å². The molecule has 1 aliphatic rings. The van der Waals surface area contributed by atoms with E-state index in [9.17, 15) is 19.1 Å². The highest BCUT2D eigenvalue weighted by atomic mass is 19.1. The van der Waals surface area contributed by atoms with E-state index in [0.29, 0.717) is 44.7 Å². The van der Waals surface area contributed by atoms with Crippen molar-refractivity contribution in [1.82, 2.24) is 14.7 Å². The number of aromatic hydroxyl groups is 1. The normalized spacial score (nSPS) is 15.9. The Bertz CT molecular complexity index is 1550. The Balaban J connectivity index is 1.54. The van der Waals surface area contributed by atoms with Crippen LogP contribution in [0.25, 0.3) is 0 Å². The fourth-order valence-electron chi connectivity index (χ4n) is 6.16. The van der Waals surface area contributed by atoms with Crippen molar-refractivity contribution >= 4 is 12.0 Å². The van der Waals surface area contributed by atoms with E-state index in [1.807, 2.05) is 92.4 Å². The number of carbonyl (C=O) groups is 2. The minimum absolute atomic E-state index is 0.155. The maximum atomic E-state index is 14.6. The fourth-order valence-corrected chi connectivity index (χ4v) is 6.16. The van der Waals surface area contributed by atoms with Crippen LogP contribution in [-0.4, -0.2) is 62.6 Å². The molecule has 5 rings (SSSR count). The lowest BCUT2D eigenvalue weighted by molar-refractivity contribution is -0.143. The molecule has 1 aliphatic heterocycles. The Morgan fingerprint density at radius 1 is 0.851 bits per heavy atom. The topological polar surface area (TPSA) is 73.3 Å². The van der Waals surface area contributed by atoms with Gasteiger partial charge < -0.3 is 14.7 Å². The highest BCUT2D eigenvalue weighted by molar-refractivity contribution is 5.87. The number of halogens is 1. The first-order chi connectivity index (χ1) is 22.5. The van der Waals surface area contributed by atoms with Crippen molar-refractivity contribution in [3.8, 4) is 5.75 Å². The van der Waals surface area contributed by atoms with Gasteiger partial charge in [-0.15, -0.1) is 0 Å². The zero-order valence-corrected chi connectivity index (χ0v) is 27.4. The van der Waals surface area contributed by atoms with Crippen LogP contribution < -0.4 is 0 Å². The number of amides is 2. The molecule has 2 atom stereocenters. The van der Waals surface area contributed by atoms with Gasteiger partial charge in [0.15, 0.2) is 0 Å². The van der Waals surface area contributed by atoms with Crippen LogP contribution in [-0.2, 0) is 35.6 Å². The zero-order chi connectivity index (χ0) is 33.4. The second-order valence-corrected chi connectivity index (χ2v) is 13.2. The molecule has 1 N–H and O–H groups in total. The molecule has 4 aromatic rings. The van der Waals surface area contributed by atoms with Crippen LogP contribution in [0.4, 0.5) is 9.18 Å². The number of hydrogen-bond acceptors (Lipinski definition) is 5. The Labute approximate surface area is 277 Å². The molecule has 0 saturated carbocycles. The summed E-state index contributed by atoms with van der Waals surface area (Å²) in [5, 5.41) is 10.3. The van der Waals surface area contributed by atoms with Gasteiger partial charge in [-0.05, 0) is 68.0 Å². The molecule has 0 radical (unpaired) electrons. The monoisotopic (exact) mass is 637 g/mol. The van der Waals surface area contributed by atoms with Crippen molar-refractivity contribution in [1.29, 1.82) is 0 Å². The number of phenols is 1. The van der Waals surface area contributed by atoms with Crippen LogP contribution in [0.1, 0.15) is 49.4 Å². The summed E-state index contributed by atoms with van der Waals surface area (Å²) in [6, 6.07) is 32.9. The van der Waals surface area contributed by atoms with E-state index in [1.54, 1.807) is 11.0 Å². The van der Waals surface area contributed by atoms with E-state index in [4.69, 9.17) is 4.74 Å². The smallest absolute Gasteiger partial charge is 0.411 e. The van der Waals surface area contributed by atoms with Crippen LogP contribution in [0.3, 0.4) is 0 Å². The third kappa shape index (κ3) is 9.66. The number of rotatable bonds is 11. The molecule has 0 bridgehead atoms.